The van der Waals surface area contributed by atoms with Crippen molar-refractivity contribution < 1.29 is 68.2 Å². The molecular formula is C28H66Y2-2. The molecule has 0 aliphatic rings. The Hall–Kier alpha value is 2.21. The minimum Gasteiger partial charge on any atom is -0.316 e. The summed E-state index contributed by atoms with van der Waals surface area (Å²) in [5.74, 6) is 2.33. The second kappa shape index (κ2) is 27.5. The Bertz CT molecular complexity index is 331. The summed E-state index contributed by atoms with van der Waals surface area (Å²) in [5.41, 5.74) is 0.824. The van der Waals surface area contributed by atoms with E-state index in [2.05, 4.69) is 55.4 Å². The van der Waals surface area contributed by atoms with E-state index in [1.54, 1.807) is 0 Å². The van der Waals surface area contributed by atoms with Crippen LogP contribution in [-0.4, -0.2) is 0 Å². The monoisotopic (exact) mass is 584 g/mol. The summed E-state index contributed by atoms with van der Waals surface area (Å²) >= 11 is 0. The van der Waals surface area contributed by atoms with Gasteiger partial charge in [0.2, 0.25) is 0 Å². The molecule has 0 aromatic rings. The van der Waals surface area contributed by atoms with Crippen LogP contribution in [0.2, 0.25) is 0 Å². The molecule has 2 heteroatoms. The van der Waals surface area contributed by atoms with Crippen molar-refractivity contribution in [3.05, 3.63) is 11.8 Å². The molecule has 0 rings (SSSR count). The van der Waals surface area contributed by atoms with Gasteiger partial charge in [-0.05, 0) is 0 Å². The fourth-order valence-electron chi connectivity index (χ4n) is 3.22. The molecule has 0 aromatic carbocycles. The van der Waals surface area contributed by atoms with Gasteiger partial charge in [0.15, 0.2) is 0 Å². The predicted octanol–water partition coefficient (Wildman–Crippen LogP) is 11.4. The first kappa shape index (κ1) is 45.7. The van der Waals surface area contributed by atoms with E-state index >= 15 is 0 Å². The van der Waals surface area contributed by atoms with E-state index in [0.717, 1.165) is 25.7 Å². The molecule has 0 aliphatic carbocycles. The van der Waals surface area contributed by atoms with Gasteiger partial charge < -0.3 is 11.8 Å². The van der Waals surface area contributed by atoms with Gasteiger partial charge in [0, 0.05) is 68.2 Å². The third-order valence-corrected chi connectivity index (χ3v) is 4.79. The molecule has 0 aliphatic heterocycles. The first-order valence-corrected chi connectivity index (χ1v) is 9.95. The smallest absolute Gasteiger partial charge is 0.0271 e. The number of hydrogen-bond acceptors (Lipinski definition) is 0. The summed E-state index contributed by atoms with van der Waals surface area (Å²) in [7, 11) is 0. The van der Waals surface area contributed by atoms with Crippen LogP contribution >= 0.6 is 0 Å². The Labute approximate surface area is 251 Å². The van der Waals surface area contributed by atoms with Crippen LogP contribution in [0.3, 0.4) is 0 Å². The van der Waals surface area contributed by atoms with Gasteiger partial charge in [-0.2, -0.15) is 39.5 Å². The molecule has 0 heterocycles. The van der Waals surface area contributed by atoms with E-state index in [4.69, 9.17) is 2.74 Å². The zero-order valence-corrected chi connectivity index (χ0v) is 26.1. The maximum absolute atomic E-state index is 7.81. The van der Waals surface area contributed by atoms with Gasteiger partial charge in [0.25, 0.3) is 0 Å². The van der Waals surface area contributed by atoms with Crippen molar-refractivity contribution in [2.75, 3.05) is 0 Å². The Balaban J connectivity index is -0.0000000505. The summed E-state index contributed by atoms with van der Waals surface area (Å²) < 4.78 is 15.6. The predicted molar refractivity (Wildman–Crippen MR) is 141 cm³/mol. The zero-order valence-electron chi connectivity index (χ0n) is 22.4. The van der Waals surface area contributed by atoms with Crippen molar-refractivity contribution in [3.63, 3.8) is 0 Å². The minimum atomic E-state index is -0.298. The van der Waals surface area contributed by atoms with Gasteiger partial charge in [-0.15, -0.1) is 0 Å². The summed E-state index contributed by atoms with van der Waals surface area (Å²) in [6.45, 7) is 26.0. The van der Waals surface area contributed by atoms with E-state index in [9.17, 15) is 0 Å². The summed E-state index contributed by atoms with van der Waals surface area (Å²) in [4.78, 5) is 0. The molecular weight excluding hydrogens is 514 g/mol. The summed E-state index contributed by atoms with van der Waals surface area (Å²) in [6.07, 6.45) is 6.59. The first-order valence-electron chi connectivity index (χ1n) is 10.9. The molecule has 186 valence electrons. The van der Waals surface area contributed by atoms with E-state index in [1.807, 2.05) is 27.7 Å². The van der Waals surface area contributed by atoms with E-state index in [-0.39, 0.29) is 107 Å². The topological polar surface area (TPSA) is 0 Å². The maximum Gasteiger partial charge on any atom is 0.0271 e. The van der Waals surface area contributed by atoms with Gasteiger partial charge >= 0.3 is 0 Å². The standard InChI is InChI=1S/2C12H25.4CH4.2Y/c2*1-7-12(5,6)9-11(4)8-10(2)3;;;;;;/h2*10H,7-9H2,1-6H3;4*1H4;;/q2*-1;;;;;;/i2*10T;;;;;;. The Morgan fingerprint density at radius 3 is 0.967 bits per heavy atom. The molecule has 0 bridgehead atoms. The average Bonchev–Trinajstić information content (AvgIpc) is 2.33. The normalized spacial score (nSPS) is 12.1. The molecule has 0 spiro atoms. The molecule has 0 atom stereocenters. The zero-order chi connectivity index (χ0) is 21.4. The van der Waals surface area contributed by atoms with Crippen LogP contribution in [0.4, 0.5) is 0 Å². The SMILES string of the molecule is C.C.C.C.[3H]C(C)(C)C[C-](C)CC(C)(C)CC.[3H]C(C)(C)C[C-](C)CC(C)(C)CC.[Y].[Y]. The van der Waals surface area contributed by atoms with Gasteiger partial charge in [-0.25, -0.2) is 0 Å². The van der Waals surface area contributed by atoms with Crippen molar-refractivity contribution in [2.24, 2.45) is 22.6 Å². The second-order valence-corrected chi connectivity index (χ2v) is 10.1. The van der Waals surface area contributed by atoms with Crippen LogP contribution in [-0.2, 0) is 65.4 Å². The Morgan fingerprint density at radius 2 is 0.833 bits per heavy atom. The average molecular weight is 585 g/mol. The van der Waals surface area contributed by atoms with Crippen molar-refractivity contribution in [3.8, 4) is 0 Å². The van der Waals surface area contributed by atoms with E-state index in [0.29, 0.717) is 10.8 Å². The van der Waals surface area contributed by atoms with Crippen LogP contribution in [0.15, 0.2) is 0 Å². The third kappa shape index (κ3) is 37.5. The Kier molecular flexibility index (Phi) is 41.8. The van der Waals surface area contributed by atoms with Crippen molar-refractivity contribution in [1.29, 1.82) is 0 Å². The van der Waals surface area contributed by atoms with Gasteiger partial charge in [0.1, 0.15) is 0 Å². The molecule has 2 radical (unpaired) electrons. The molecule has 30 heavy (non-hydrogen) atoms. The van der Waals surface area contributed by atoms with Crippen molar-refractivity contribution >= 4 is 0 Å². The molecule has 0 nitrogen and oxygen atoms in total. The van der Waals surface area contributed by atoms with Crippen LogP contribution in [0.5, 0.6) is 0 Å². The van der Waals surface area contributed by atoms with Gasteiger partial charge in [-0.3, -0.25) is 0 Å². The third-order valence-electron chi connectivity index (χ3n) is 4.79. The second-order valence-electron chi connectivity index (χ2n) is 10.1. The van der Waals surface area contributed by atoms with Crippen LogP contribution < -0.4 is 0 Å². The summed E-state index contributed by atoms with van der Waals surface area (Å²) in [6, 6.07) is 0. The Morgan fingerprint density at radius 1 is 0.633 bits per heavy atom. The molecule has 0 saturated carbocycles. The molecule has 0 N–H and O–H groups in total. The van der Waals surface area contributed by atoms with Crippen LogP contribution in [0.1, 0.15) is 154 Å². The molecule has 0 fully saturated rings. The van der Waals surface area contributed by atoms with Crippen LogP contribution in [0, 0.1) is 34.5 Å². The van der Waals surface area contributed by atoms with Crippen molar-refractivity contribution in [1.82, 2.24) is 0 Å². The maximum atomic E-state index is 7.81. The summed E-state index contributed by atoms with van der Waals surface area (Å²) in [5, 5.41) is 0. The van der Waals surface area contributed by atoms with E-state index in [1.165, 1.54) is 24.7 Å². The molecule has 0 unspecified atom stereocenters. The quantitative estimate of drug-likeness (QED) is 0.224. The van der Waals surface area contributed by atoms with Crippen molar-refractivity contribution in [2.45, 2.75) is 151 Å². The van der Waals surface area contributed by atoms with Gasteiger partial charge in [-0.1, -0.05) is 134 Å². The molecule has 0 saturated heterocycles. The molecule has 0 amide bonds. The fourth-order valence-corrected chi connectivity index (χ4v) is 3.22. The molecule has 0 aromatic heterocycles. The van der Waals surface area contributed by atoms with Crippen LogP contribution in [0.25, 0.3) is 0 Å². The minimum absolute atomic E-state index is 0. The fraction of sp³-hybridized carbons (Fsp3) is 0.929. The largest absolute Gasteiger partial charge is 0.316 e. The number of hydrogen-bond donors (Lipinski definition) is 0. The first-order chi connectivity index (χ1) is 11.3. The van der Waals surface area contributed by atoms with Gasteiger partial charge in [0.05, 0.1) is 0 Å². The van der Waals surface area contributed by atoms with E-state index < -0.39 is 0 Å². The number of rotatable bonds is 10.